The fraction of sp³-hybridized carbons (Fsp3) is 0.364. The number of hydrogen-bond acceptors (Lipinski definition) is 5. The Labute approximate surface area is 109 Å². The summed E-state index contributed by atoms with van der Waals surface area (Å²) in [5, 5.41) is 9.10. The summed E-state index contributed by atoms with van der Waals surface area (Å²) in [6, 6.07) is 0.119. The summed E-state index contributed by atoms with van der Waals surface area (Å²) in [5.41, 5.74) is 5.71. The number of halogens is 1. The van der Waals surface area contributed by atoms with Crippen LogP contribution in [0.2, 0.25) is 5.02 Å². The van der Waals surface area contributed by atoms with Crippen LogP contribution in [0, 0.1) is 0 Å². The number of methoxy groups -OCH3 is 3. The van der Waals surface area contributed by atoms with Crippen molar-refractivity contribution in [2.45, 2.75) is 6.04 Å². The predicted octanol–water partition coefficient (Wildman–Crippen LogP) is 1.45. The highest BCUT2D eigenvalue weighted by atomic mass is 35.5. The fourth-order valence-corrected chi connectivity index (χ4v) is 1.86. The van der Waals surface area contributed by atoms with E-state index in [1.165, 1.54) is 27.4 Å². The predicted molar refractivity (Wildman–Crippen MR) is 65.7 cm³/mol. The first kappa shape index (κ1) is 14.4. The zero-order valence-electron chi connectivity index (χ0n) is 10.2. The maximum atomic E-state index is 11.0. The molecule has 0 fully saturated rings. The second-order valence-electron chi connectivity index (χ2n) is 3.36. The summed E-state index contributed by atoms with van der Waals surface area (Å²) in [4.78, 5) is 11.0. The monoisotopic (exact) mass is 275 g/mol. The molecule has 0 radical (unpaired) electrons. The van der Waals surface area contributed by atoms with Gasteiger partial charge in [0.1, 0.15) is 6.04 Å². The molecule has 0 saturated heterocycles. The molecule has 0 aliphatic heterocycles. The van der Waals surface area contributed by atoms with Gasteiger partial charge in [0.25, 0.3) is 0 Å². The van der Waals surface area contributed by atoms with Gasteiger partial charge in [-0.15, -0.1) is 0 Å². The van der Waals surface area contributed by atoms with Crippen LogP contribution >= 0.6 is 11.6 Å². The summed E-state index contributed by atoms with van der Waals surface area (Å²) >= 11 is 6.00. The molecule has 1 unspecified atom stereocenters. The Morgan fingerprint density at radius 2 is 1.83 bits per heavy atom. The molecular weight excluding hydrogens is 262 g/mol. The summed E-state index contributed by atoms with van der Waals surface area (Å²) < 4.78 is 15.3. The first-order chi connectivity index (χ1) is 8.47. The van der Waals surface area contributed by atoms with E-state index in [9.17, 15) is 4.79 Å². The minimum Gasteiger partial charge on any atom is -0.493 e. The number of carboxylic acid groups (broad SMARTS) is 1. The van der Waals surface area contributed by atoms with Gasteiger partial charge in [-0.3, -0.25) is 4.79 Å². The van der Waals surface area contributed by atoms with E-state index in [0.717, 1.165) is 0 Å². The number of hydrogen-bond donors (Lipinski definition) is 2. The molecule has 3 N–H and O–H groups in total. The van der Waals surface area contributed by atoms with E-state index in [0.29, 0.717) is 5.75 Å². The van der Waals surface area contributed by atoms with E-state index < -0.39 is 12.0 Å². The van der Waals surface area contributed by atoms with Gasteiger partial charge in [-0.05, 0) is 0 Å². The highest BCUT2D eigenvalue weighted by molar-refractivity contribution is 6.32. The lowest BCUT2D eigenvalue weighted by atomic mass is 10.1. The van der Waals surface area contributed by atoms with Crippen LogP contribution in [0.1, 0.15) is 11.6 Å². The standard InChI is InChI=1S/C11H14ClNO5/c1-16-6-4-5(12)7(8(13)11(14)15)10(18-3)9(6)17-2/h4,8H,13H2,1-3H3,(H,14,15). The van der Waals surface area contributed by atoms with Gasteiger partial charge >= 0.3 is 5.97 Å². The molecule has 1 aromatic carbocycles. The number of ether oxygens (including phenoxy) is 3. The van der Waals surface area contributed by atoms with Gasteiger partial charge in [-0.1, -0.05) is 11.6 Å². The van der Waals surface area contributed by atoms with Crippen molar-refractivity contribution >= 4 is 17.6 Å². The third-order valence-electron chi connectivity index (χ3n) is 2.39. The summed E-state index contributed by atoms with van der Waals surface area (Å²) in [6.07, 6.45) is 0. The van der Waals surface area contributed by atoms with Crippen LogP contribution in [0.15, 0.2) is 6.07 Å². The van der Waals surface area contributed by atoms with Gasteiger partial charge in [0.2, 0.25) is 5.75 Å². The molecule has 1 atom stereocenters. The van der Waals surface area contributed by atoms with E-state index in [1.54, 1.807) is 0 Å². The number of carbonyl (C=O) groups is 1. The lowest BCUT2D eigenvalue weighted by molar-refractivity contribution is -0.138. The van der Waals surface area contributed by atoms with Gasteiger partial charge in [-0.2, -0.15) is 0 Å². The van der Waals surface area contributed by atoms with E-state index in [-0.39, 0.29) is 22.1 Å². The van der Waals surface area contributed by atoms with Crippen LogP contribution in [-0.2, 0) is 4.79 Å². The topological polar surface area (TPSA) is 91.0 Å². The van der Waals surface area contributed by atoms with Crippen LogP contribution in [-0.4, -0.2) is 32.4 Å². The molecule has 0 saturated carbocycles. The van der Waals surface area contributed by atoms with Gasteiger partial charge < -0.3 is 25.1 Å². The van der Waals surface area contributed by atoms with Gasteiger partial charge in [-0.25, -0.2) is 0 Å². The maximum Gasteiger partial charge on any atom is 0.325 e. The third kappa shape index (κ3) is 2.44. The minimum atomic E-state index is -1.31. The highest BCUT2D eigenvalue weighted by Gasteiger charge is 2.27. The average Bonchev–Trinajstić information content (AvgIpc) is 2.36. The first-order valence-corrected chi connectivity index (χ1v) is 5.32. The van der Waals surface area contributed by atoms with Crippen molar-refractivity contribution in [2.24, 2.45) is 5.73 Å². The lowest BCUT2D eigenvalue weighted by Gasteiger charge is -2.19. The van der Waals surface area contributed by atoms with Crippen molar-refractivity contribution in [2.75, 3.05) is 21.3 Å². The number of carboxylic acids is 1. The van der Waals surface area contributed by atoms with Crippen molar-refractivity contribution in [1.29, 1.82) is 0 Å². The first-order valence-electron chi connectivity index (χ1n) is 4.94. The largest absolute Gasteiger partial charge is 0.493 e. The van der Waals surface area contributed by atoms with Gasteiger partial charge in [0, 0.05) is 11.6 Å². The van der Waals surface area contributed by atoms with Gasteiger partial charge in [0.05, 0.1) is 26.4 Å². The molecular formula is C11H14ClNO5. The van der Waals surface area contributed by atoms with Crippen molar-refractivity contribution in [1.82, 2.24) is 0 Å². The van der Waals surface area contributed by atoms with Crippen LogP contribution in [0.25, 0.3) is 0 Å². The molecule has 1 rings (SSSR count). The molecule has 7 heteroatoms. The Morgan fingerprint density at radius 1 is 1.28 bits per heavy atom. The quantitative estimate of drug-likeness (QED) is 0.845. The fourth-order valence-electron chi connectivity index (χ4n) is 1.56. The van der Waals surface area contributed by atoms with Crippen molar-refractivity contribution < 1.29 is 24.1 Å². The number of aliphatic carboxylic acids is 1. The minimum absolute atomic E-state index is 0.138. The second kappa shape index (κ2) is 5.79. The summed E-state index contributed by atoms with van der Waals surface area (Å²) in [7, 11) is 4.21. The van der Waals surface area contributed by atoms with Crippen LogP contribution in [0.4, 0.5) is 0 Å². The zero-order valence-corrected chi connectivity index (χ0v) is 10.9. The highest BCUT2D eigenvalue weighted by Crippen LogP contribution is 2.45. The van der Waals surface area contributed by atoms with Crippen molar-refractivity contribution in [3.05, 3.63) is 16.7 Å². The second-order valence-corrected chi connectivity index (χ2v) is 3.76. The molecule has 6 nitrogen and oxygen atoms in total. The molecule has 0 heterocycles. The average molecular weight is 276 g/mol. The molecule has 1 aromatic rings. The molecule has 0 amide bonds. The normalized spacial score (nSPS) is 11.8. The van der Waals surface area contributed by atoms with E-state index in [4.69, 9.17) is 36.7 Å². The van der Waals surface area contributed by atoms with Gasteiger partial charge in [0.15, 0.2) is 11.5 Å². The molecule has 0 aliphatic rings. The van der Waals surface area contributed by atoms with Crippen molar-refractivity contribution in [3.63, 3.8) is 0 Å². The molecule has 0 aliphatic carbocycles. The Balaban J connectivity index is 3.55. The summed E-state index contributed by atoms with van der Waals surface area (Å²) in [6.45, 7) is 0. The van der Waals surface area contributed by atoms with E-state index >= 15 is 0 Å². The Morgan fingerprint density at radius 3 is 2.22 bits per heavy atom. The smallest absolute Gasteiger partial charge is 0.325 e. The molecule has 0 bridgehead atoms. The number of benzene rings is 1. The van der Waals surface area contributed by atoms with E-state index in [1.807, 2.05) is 0 Å². The number of rotatable bonds is 5. The molecule has 0 spiro atoms. The van der Waals surface area contributed by atoms with Crippen LogP contribution in [0.5, 0.6) is 17.2 Å². The molecule has 18 heavy (non-hydrogen) atoms. The third-order valence-corrected chi connectivity index (χ3v) is 2.71. The zero-order chi connectivity index (χ0) is 13.9. The maximum absolute atomic E-state index is 11.0. The van der Waals surface area contributed by atoms with Crippen molar-refractivity contribution in [3.8, 4) is 17.2 Å². The summed E-state index contributed by atoms with van der Waals surface area (Å²) in [5.74, 6) is -0.490. The van der Waals surface area contributed by atoms with E-state index in [2.05, 4.69) is 0 Å². The SMILES string of the molecule is COc1cc(Cl)c(C(N)C(=O)O)c(OC)c1OC. The Bertz CT molecular complexity index is 463. The Hall–Kier alpha value is -1.66. The molecule has 100 valence electrons. The van der Waals surface area contributed by atoms with Crippen LogP contribution in [0.3, 0.4) is 0 Å². The molecule has 0 aromatic heterocycles. The number of nitrogens with two attached hydrogens (primary N) is 1. The van der Waals surface area contributed by atoms with Crippen LogP contribution < -0.4 is 19.9 Å². The lowest BCUT2D eigenvalue weighted by Crippen LogP contribution is -2.22. The Kier molecular flexibility index (Phi) is 4.63.